The highest BCUT2D eigenvalue weighted by Crippen LogP contribution is 2.30. The molecule has 0 N–H and O–H groups in total. The van der Waals surface area contributed by atoms with Gasteiger partial charge in [0.25, 0.3) is 5.91 Å². The Morgan fingerprint density at radius 1 is 0.950 bits per heavy atom. The van der Waals surface area contributed by atoms with Gasteiger partial charge in [-0.2, -0.15) is 5.10 Å². The molecule has 1 amide bonds. The van der Waals surface area contributed by atoms with Crippen molar-refractivity contribution >= 4 is 29.2 Å². The summed E-state index contributed by atoms with van der Waals surface area (Å²) >= 11 is 6.42. The van der Waals surface area contributed by atoms with Crippen LogP contribution in [0.15, 0.2) is 66.7 Å². The number of carbonyl (C=O) groups excluding carboxylic acids is 2. The van der Waals surface area contributed by atoms with Crippen molar-refractivity contribution in [2.45, 2.75) is 6.92 Å². The van der Waals surface area contributed by atoms with Gasteiger partial charge < -0.3 is 14.5 Å². The molecular formula is C29H24ClF3N4O3. The molecule has 1 saturated heterocycles. The summed E-state index contributed by atoms with van der Waals surface area (Å²) in [5.74, 6) is -5.05. The second kappa shape index (κ2) is 11.4. The van der Waals surface area contributed by atoms with Crippen LogP contribution in [0, 0.1) is 17.5 Å². The fourth-order valence-electron chi connectivity index (χ4n) is 4.59. The van der Waals surface area contributed by atoms with E-state index in [9.17, 15) is 22.8 Å². The minimum atomic E-state index is -1.40. The highest BCUT2D eigenvalue weighted by molar-refractivity contribution is 6.32. The Morgan fingerprint density at radius 2 is 1.65 bits per heavy atom. The monoisotopic (exact) mass is 568 g/mol. The molecule has 1 aromatic heterocycles. The number of halogens is 4. The Bertz CT molecular complexity index is 1570. The maximum atomic E-state index is 14.1. The smallest absolute Gasteiger partial charge is 0.358 e. The molecule has 0 bridgehead atoms. The molecule has 206 valence electrons. The van der Waals surface area contributed by atoms with E-state index < -0.39 is 34.9 Å². The number of nitrogens with zero attached hydrogens (tertiary/aromatic N) is 4. The standard InChI is InChI=1S/C29H24ClF3N4O3/c1-2-40-29(39)24-17-26(37(34-24)25-6-4-3-5-22(25)30)18-7-9-20(10-8-18)35-11-13-36(14-12-35)28(38)21-15-19(31)16-23(32)27(21)33/h3-10,15-17H,2,11-14H2,1H3. The first-order valence-electron chi connectivity index (χ1n) is 12.6. The summed E-state index contributed by atoms with van der Waals surface area (Å²) in [6.07, 6.45) is 0. The van der Waals surface area contributed by atoms with Crippen LogP contribution in [0.25, 0.3) is 16.9 Å². The van der Waals surface area contributed by atoms with Gasteiger partial charge in [-0.1, -0.05) is 35.9 Å². The molecule has 2 heterocycles. The number of rotatable bonds is 6. The third-order valence-corrected chi connectivity index (χ3v) is 6.91. The van der Waals surface area contributed by atoms with E-state index in [4.69, 9.17) is 16.3 Å². The number of carbonyl (C=O) groups is 2. The number of amides is 1. The van der Waals surface area contributed by atoms with Crippen LogP contribution in [0.1, 0.15) is 27.8 Å². The van der Waals surface area contributed by atoms with Gasteiger partial charge >= 0.3 is 5.97 Å². The number of esters is 1. The molecule has 0 radical (unpaired) electrons. The van der Waals surface area contributed by atoms with Gasteiger partial charge in [-0.3, -0.25) is 4.79 Å². The number of anilines is 1. The van der Waals surface area contributed by atoms with Crippen LogP contribution in [0.2, 0.25) is 5.02 Å². The van der Waals surface area contributed by atoms with Gasteiger partial charge in [-0.15, -0.1) is 0 Å². The maximum Gasteiger partial charge on any atom is 0.358 e. The second-order valence-corrected chi connectivity index (χ2v) is 9.48. The first-order valence-corrected chi connectivity index (χ1v) is 13.0. The largest absolute Gasteiger partial charge is 0.461 e. The van der Waals surface area contributed by atoms with Crippen molar-refractivity contribution in [2.75, 3.05) is 37.7 Å². The van der Waals surface area contributed by atoms with Crippen LogP contribution < -0.4 is 4.90 Å². The van der Waals surface area contributed by atoms with E-state index in [1.807, 2.05) is 35.2 Å². The highest BCUT2D eigenvalue weighted by Gasteiger charge is 2.26. The van der Waals surface area contributed by atoms with Crippen molar-refractivity contribution in [3.05, 3.63) is 100 Å². The molecule has 3 aromatic carbocycles. The Morgan fingerprint density at radius 3 is 2.33 bits per heavy atom. The highest BCUT2D eigenvalue weighted by atomic mass is 35.5. The topological polar surface area (TPSA) is 67.7 Å². The number of para-hydroxylation sites is 1. The van der Waals surface area contributed by atoms with Gasteiger partial charge in [0.15, 0.2) is 17.3 Å². The zero-order valence-electron chi connectivity index (χ0n) is 21.4. The van der Waals surface area contributed by atoms with Crippen LogP contribution in [0.3, 0.4) is 0 Å². The van der Waals surface area contributed by atoms with Crippen molar-refractivity contribution < 1.29 is 27.5 Å². The molecule has 1 fully saturated rings. The Kier molecular flexibility index (Phi) is 7.79. The summed E-state index contributed by atoms with van der Waals surface area (Å²) in [6, 6.07) is 17.5. The summed E-state index contributed by atoms with van der Waals surface area (Å²) in [6.45, 7) is 3.32. The van der Waals surface area contributed by atoms with Crippen LogP contribution in [-0.2, 0) is 4.74 Å². The summed E-state index contributed by atoms with van der Waals surface area (Å²) in [7, 11) is 0. The van der Waals surface area contributed by atoms with Crippen molar-refractivity contribution in [1.29, 1.82) is 0 Å². The van der Waals surface area contributed by atoms with Gasteiger partial charge in [0, 0.05) is 43.5 Å². The zero-order chi connectivity index (χ0) is 28.4. The lowest BCUT2D eigenvalue weighted by Crippen LogP contribution is -2.49. The van der Waals surface area contributed by atoms with E-state index >= 15 is 0 Å². The second-order valence-electron chi connectivity index (χ2n) is 9.07. The number of piperazine rings is 1. The number of hydrogen-bond donors (Lipinski definition) is 0. The summed E-state index contributed by atoms with van der Waals surface area (Å²) < 4.78 is 48.0. The molecule has 0 spiro atoms. The lowest BCUT2D eigenvalue weighted by molar-refractivity contribution is 0.0518. The quantitative estimate of drug-likeness (QED) is 0.219. The fraction of sp³-hybridized carbons (Fsp3) is 0.207. The molecule has 11 heteroatoms. The Balaban J connectivity index is 1.34. The molecule has 0 aliphatic carbocycles. The number of benzene rings is 3. The van der Waals surface area contributed by atoms with E-state index in [2.05, 4.69) is 5.10 Å². The van der Waals surface area contributed by atoms with Gasteiger partial charge in [0.05, 0.1) is 28.6 Å². The molecule has 7 nitrogen and oxygen atoms in total. The van der Waals surface area contributed by atoms with E-state index in [0.717, 1.165) is 11.3 Å². The summed E-state index contributed by atoms with van der Waals surface area (Å²) in [5.41, 5.74) is 2.44. The maximum absolute atomic E-state index is 14.1. The van der Waals surface area contributed by atoms with Crippen LogP contribution in [-0.4, -0.2) is 59.3 Å². The molecule has 1 aliphatic heterocycles. The minimum Gasteiger partial charge on any atom is -0.461 e. The Hall–Kier alpha value is -4.31. The van der Waals surface area contributed by atoms with Gasteiger partial charge in [-0.05, 0) is 43.3 Å². The molecule has 0 atom stereocenters. The molecule has 0 unspecified atom stereocenters. The van der Waals surface area contributed by atoms with E-state index in [1.54, 1.807) is 35.9 Å². The van der Waals surface area contributed by atoms with E-state index in [-0.39, 0.29) is 25.4 Å². The van der Waals surface area contributed by atoms with Crippen molar-refractivity contribution in [3.63, 3.8) is 0 Å². The van der Waals surface area contributed by atoms with Crippen LogP contribution in [0.5, 0.6) is 0 Å². The Labute approximate surface area is 233 Å². The predicted octanol–water partition coefficient (Wildman–Crippen LogP) is 5.75. The first-order chi connectivity index (χ1) is 19.3. The number of aromatic nitrogens is 2. The van der Waals surface area contributed by atoms with Crippen LogP contribution in [0.4, 0.5) is 18.9 Å². The van der Waals surface area contributed by atoms with Crippen molar-refractivity contribution in [2.24, 2.45) is 0 Å². The lowest BCUT2D eigenvalue weighted by atomic mass is 10.1. The molecule has 4 aromatic rings. The predicted molar refractivity (Wildman–Crippen MR) is 144 cm³/mol. The molecule has 40 heavy (non-hydrogen) atoms. The molecule has 5 rings (SSSR count). The van der Waals surface area contributed by atoms with E-state index in [1.165, 1.54) is 4.90 Å². The van der Waals surface area contributed by atoms with Gasteiger partial charge in [0.2, 0.25) is 0 Å². The average Bonchev–Trinajstić information content (AvgIpc) is 3.41. The van der Waals surface area contributed by atoms with Gasteiger partial charge in [0.1, 0.15) is 5.82 Å². The minimum absolute atomic E-state index is 0.149. The summed E-state index contributed by atoms with van der Waals surface area (Å²) in [5, 5.41) is 4.92. The summed E-state index contributed by atoms with van der Waals surface area (Å²) in [4.78, 5) is 28.6. The molecule has 0 saturated carbocycles. The number of ether oxygens (including phenoxy) is 1. The van der Waals surface area contributed by atoms with Gasteiger partial charge in [-0.25, -0.2) is 22.6 Å². The van der Waals surface area contributed by atoms with Crippen molar-refractivity contribution in [1.82, 2.24) is 14.7 Å². The third-order valence-electron chi connectivity index (χ3n) is 6.59. The number of hydrogen-bond acceptors (Lipinski definition) is 5. The fourth-order valence-corrected chi connectivity index (χ4v) is 4.81. The zero-order valence-corrected chi connectivity index (χ0v) is 22.2. The average molecular weight is 569 g/mol. The SMILES string of the molecule is CCOC(=O)c1cc(-c2ccc(N3CCN(C(=O)c4cc(F)cc(F)c4F)CC3)cc2)n(-c2ccccc2Cl)n1. The van der Waals surface area contributed by atoms with Crippen molar-refractivity contribution in [3.8, 4) is 16.9 Å². The van der Waals surface area contributed by atoms with Crippen LogP contribution >= 0.6 is 11.6 Å². The first kappa shape index (κ1) is 27.3. The third kappa shape index (κ3) is 5.40. The normalized spacial score (nSPS) is 13.4. The molecular weight excluding hydrogens is 545 g/mol. The lowest BCUT2D eigenvalue weighted by Gasteiger charge is -2.36. The van der Waals surface area contributed by atoms with E-state index in [0.29, 0.717) is 41.6 Å². The molecule has 1 aliphatic rings.